The van der Waals surface area contributed by atoms with Crippen molar-refractivity contribution in [3.05, 3.63) is 0 Å². The number of aliphatic hydroxyl groups is 4. The second-order valence-electron chi connectivity index (χ2n) is 3.08. The first-order valence-corrected chi connectivity index (χ1v) is 4.42. The molecule has 0 heterocycles. The van der Waals surface area contributed by atoms with Gasteiger partial charge in [-0.05, 0) is 0 Å². The average molecular weight is 237 g/mol. The maximum Gasteiger partial charge on any atom is 0.233 e. The molecular formula is C8H15NO7. The van der Waals surface area contributed by atoms with Crippen molar-refractivity contribution in [2.45, 2.75) is 18.3 Å². The van der Waals surface area contributed by atoms with E-state index in [1.807, 2.05) is 0 Å². The fourth-order valence-electron chi connectivity index (χ4n) is 0.790. The van der Waals surface area contributed by atoms with Gasteiger partial charge in [-0.3, -0.25) is 14.4 Å². The average Bonchev–Trinajstić information content (AvgIpc) is 2.32. The monoisotopic (exact) mass is 237 g/mol. The first-order chi connectivity index (χ1) is 7.43. The number of hydrogen-bond acceptors (Lipinski definition) is 7. The van der Waals surface area contributed by atoms with Crippen molar-refractivity contribution < 1.29 is 34.9 Å². The number of ketones is 1. The van der Waals surface area contributed by atoms with E-state index in [1.54, 1.807) is 0 Å². The van der Waals surface area contributed by atoms with Gasteiger partial charge in [-0.15, -0.1) is 0 Å². The summed E-state index contributed by atoms with van der Waals surface area (Å²) >= 11 is 0. The molecule has 8 heteroatoms. The highest BCUT2D eigenvalue weighted by Gasteiger charge is 2.29. The second kappa shape index (κ2) is 7.25. The van der Waals surface area contributed by atoms with Crippen LogP contribution < -0.4 is 0 Å². The molecule has 0 aliphatic heterocycles. The summed E-state index contributed by atoms with van der Waals surface area (Å²) in [6.07, 6.45) is -5.01. The molecule has 0 spiro atoms. The fourth-order valence-corrected chi connectivity index (χ4v) is 0.790. The topological polar surface area (TPSA) is 128 Å². The standard InChI is InChI=1S/C8H15NO7/c1-9(4-11)16-3-6(13)8(15)7(14)5(12)2-10/h4-5,7-8,10,12,14-15H,2-3H2,1H3/t5-,7+,8+/m1/s1. The van der Waals surface area contributed by atoms with Crippen molar-refractivity contribution in [3.8, 4) is 0 Å². The smallest absolute Gasteiger partial charge is 0.233 e. The third kappa shape index (κ3) is 4.64. The number of nitrogens with zero attached hydrogens (tertiary/aromatic N) is 1. The summed E-state index contributed by atoms with van der Waals surface area (Å²) < 4.78 is 0. The second-order valence-corrected chi connectivity index (χ2v) is 3.08. The van der Waals surface area contributed by atoms with E-state index in [-0.39, 0.29) is 0 Å². The van der Waals surface area contributed by atoms with E-state index in [0.717, 1.165) is 0 Å². The lowest BCUT2D eigenvalue weighted by Gasteiger charge is -2.20. The zero-order chi connectivity index (χ0) is 12.7. The van der Waals surface area contributed by atoms with E-state index in [4.69, 9.17) is 15.3 Å². The lowest BCUT2D eigenvalue weighted by atomic mass is 10.1. The zero-order valence-electron chi connectivity index (χ0n) is 8.68. The lowest BCUT2D eigenvalue weighted by molar-refractivity contribution is -0.174. The summed E-state index contributed by atoms with van der Waals surface area (Å²) in [6.45, 7) is -1.42. The largest absolute Gasteiger partial charge is 0.394 e. The summed E-state index contributed by atoms with van der Waals surface area (Å²) in [5.41, 5.74) is 0. The van der Waals surface area contributed by atoms with Gasteiger partial charge >= 0.3 is 0 Å². The molecule has 0 unspecified atom stereocenters. The van der Waals surface area contributed by atoms with E-state index < -0.39 is 37.3 Å². The molecule has 4 N–H and O–H groups in total. The summed E-state index contributed by atoms with van der Waals surface area (Å²) in [7, 11) is 1.24. The maximum atomic E-state index is 11.2. The zero-order valence-corrected chi connectivity index (χ0v) is 8.68. The van der Waals surface area contributed by atoms with Crippen molar-refractivity contribution in [2.75, 3.05) is 20.3 Å². The number of carbonyl (C=O) groups is 2. The van der Waals surface area contributed by atoms with Gasteiger partial charge < -0.3 is 20.4 Å². The number of amides is 1. The Morgan fingerprint density at radius 1 is 1.44 bits per heavy atom. The van der Waals surface area contributed by atoms with Crippen LogP contribution in [0.3, 0.4) is 0 Å². The number of hydrogen-bond donors (Lipinski definition) is 4. The van der Waals surface area contributed by atoms with E-state index in [1.165, 1.54) is 7.05 Å². The molecule has 8 nitrogen and oxygen atoms in total. The SMILES string of the molecule is CN(C=O)OCC(=O)[C@H](O)[C@@H](O)[C@H](O)CO. The summed E-state index contributed by atoms with van der Waals surface area (Å²) in [5.74, 6) is -0.922. The third-order valence-electron chi connectivity index (χ3n) is 1.79. The molecule has 0 saturated carbocycles. The number of carbonyl (C=O) groups excluding carboxylic acids is 2. The van der Waals surface area contributed by atoms with Crippen LogP contribution in [0.25, 0.3) is 0 Å². The predicted octanol–water partition coefficient (Wildman–Crippen LogP) is -3.35. The first kappa shape index (κ1) is 14.9. The van der Waals surface area contributed by atoms with Gasteiger partial charge in [0.05, 0.1) is 6.61 Å². The Morgan fingerprint density at radius 3 is 2.44 bits per heavy atom. The van der Waals surface area contributed by atoms with Crippen LogP contribution in [0.2, 0.25) is 0 Å². The number of aliphatic hydroxyl groups excluding tert-OH is 4. The van der Waals surface area contributed by atoms with Crippen LogP contribution in [0.5, 0.6) is 0 Å². The first-order valence-electron chi connectivity index (χ1n) is 4.42. The highest BCUT2D eigenvalue weighted by atomic mass is 16.7. The molecule has 0 aliphatic carbocycles. The van der Waals surface area contributed by atoms with Crippen LogP contribution in [-0.2, 0) is 14.4 Å². The molecule has 0 aromatic rings. The predicted molar refractivity (Wildman–Crippen MR) is 49.9 cm³/mol. The van der Waals surface area contributed by atoms with Gasteiger partial charge in [0.1, 0.15) is 24.9 Å². The molecule has 0 bridgehead atoms. The summed E-state index contributed by atoms with van der Waals surface area (Å²) in [6, 6.07) is 0. The minimum atomic E-state index is -1.89. The van der Waals surface area contributed by atoms with E-state index in [9.17, 15) is 14.7 Å². The molecule has 1 amide bonds. The highest BCUT2D eigenvalue weighted by Crippen LogP contribution is 2.02. The van der Waals surface area contributed by atoms with E-state index in [2.05, 4.69) is 4.84 Å². The Labute approximate surface area is 91.6 Å². The number of hydroxylamine groups is 2. The lowest BCUT2D eigenvalue weighted by Crippen LogP contribution is -2.45. The van der Waals surface area contributed by atoms with Gasteiger partial charge in [0, 0.05) is 7.05 Å². The Bertz CT molecular complexity index is 234. The van der Waals surface area contributed by atoms with Crippen molar-refractivity contribution >= 4 is 12.2 Å². The van der Waals surface area contributed by atoms with Crippen LogP contribution in [0.4, 0.5) is 0 Å². The van der Waals surface area contributed by atoms with E-state index in [0.29, 0.717) is 11.5 Å². The fraction of sp³-hybridized carbons (Fsp3) is 0.750. The Kier molecular flexibility index (Phi) is 6.77. The van der Waals surface area contributed by atoms with Crippen molar-refractivity contribution in [2.24, 2.45) is 0 Å². The van der Waals surface area contributed by atoms with Gasteiger partial charge in [-0.1, -0.05) is 0 Å². The van der Waals surface area contributed by atoms with Gasteiger partial charge in [0.15, 0.2) is 5.78 Å². The number of rotatable bonds is 8. The minimum absolute atomic E-state index is 0.304. The van der Waals surface area contributed by atoms with Gasteiger partial charge in [0.25, 0.3) is 0 Å². The molecular weight excluding hydrogens is 222 g/mol. The Hall–Kier alpha value is -1.06. The summed E-state index contributed by atoms with van der Waals surface area (Å²) in [5, 5.41) is 36.5. The maximum absolute atomic E-state index is 11.2. The minimum Gasteiger partial charge on any atom is -0.394 e. The van der Waals surface area contributed by atoms with Crippen LogP contribution >= 0.6 is 0 Å². The van der Waals surface area contributed by atoms with Gasteiger partial charge in [0.2, 0.25) is 6.41 Å². The van der Waals surface area contributed by atoms with Crippen LogP contribution in [0, 0.1) is 0 Å². The highest BCUT2D eigenvalue weighted by molar-refractivity contribution is 5.84. The Balaban J connectivity index is 4.12. The third-order valence-corrected chi connectivity index (χ3v) is 1.79. The Morgan fingerprint density at radius 2 is 2.00 bits per heavy atom. The van der Waals surface area contributed by atoms with Gasteiger partial charge in [-0.2, -0.15) is 0 Å². The molecule has 0 rings (SSSR count). The van der Waals surface area contributed by atoms with E-state index >= 15 is 0 Å². The molecule has 0 aliphatic rings. The molecule has 0 saturated heterocycles. The molecule has 0 aromatic heterocycles. The molecule has 16 heavy (non-hydrogen) atoms. The molecule has 0 aromatic carbocycles. The quantitative estimate of drug-likeness (QED) is 0.256. The van der Waals surface area contributed by atoms with Gasteiger partial charge in [-0.25, -0.2) is 5.06 Å². The van der Waals surface area contributed by atoms with Crippen LogP contribution in [0.15, 0.2) is 0 Å². The summed E-state index contributed by atoms with van der Waals surface area (Å²) in [4.78, 5) is 25.8. The molecule has 0 radical (unpaired) electrons. The van der Waals surface area contributed by atoms with Crippen molar-refractivity contribution in [1.29, 1.82) is 0 Å². The molecule has 3 atom stereocenters. The van der Waals surface area contributed by atoms with Crippen molar-refractivity contribution in [1.82, 2.24) is 5.06 Å². The van der Waals surface area contributed by atoms with Crippen molar-refractivity contribution in [3.63, 3.8) is 0 Å². The van der Waals surface area contributed by atoms with Crippen LogP contribution in [-0.4, -0.2) is 76.3 Å². The van der Waals surface area contributed by atoms with Crippen LogP contribution in [0.1, 0.15) is 0 Å². The molecule has 0 fully saturated rings. The normalized spacial score (nSPS) is 16.3. The number of Topliss-reactive ketones (excluding diaryl/α,β-unsaturated/α-hetero) is 1. The molecule has 94 valence electrons.